The Hall–Kier alpha value is -3.76. The number of amides is 1. The first-order chi connectivity index (χ1) is 15.8. The van der Waals surface area contributed by atoms with Gasteiger partial charge in [0.1, 0.15) is 11.4 Å². The molecule has 4 rings (SSSR count). The predicted octanol–water partition coefficient (Wildman–Crippen LogP) is 4.57. The van der Waals surface area contributed by atoms with Crippen LogP contribution in [0.2, 0.25) is 0 Å². The number of nitro groups is 2. The van der Waals surface area contributed by atoms with Crippen molar-refractivity contribution in [2.24, 2.45) is 5.10 Å². The van der Waals surface area contributed by atoms with Crippen LogP contribution in [0.1, 0.15) is 66.5 Å². The lowest BCUT2D eigenvalue weighted by molar-refractivity contribution is -0.393. The number of fused-ring (bicyclic) bond motifs is 1. The minimum absolute atomic E-state index is 0.0461. The first-order valence-electron chi connectivity index (χ1n) is 11.0. The van der Waals surface area contributed by atoms with E-state index in [0.717, 1.165) is 37.3 Å². The average Bonchev–Trinajstić information content (AvgIpc) is 3.14. The maximum atomic E-state index is 13.2. The van der Waals surface area contributed by atoms with Crippen molar-refractivity contribution in [2.75, 3.05) is 12.0 Å². The van der Waals surface area contributed by atoms with Crippen molar-refractivity contribution >= 4 is 28.7 Å². The average molecular weight is 455 g/mol. The van der Waals surface area contributed by atoms with Gasteiger partial charge in [0.05, 0.1) is 21.6 Å². The van der Waals surface area contributed by atoms with E-state index in [4.69, 9.17) is 4.42 Å². The number of anilines is 1. The lowest BCUT2D eigenvalue weighted by atomic mass is 9.93. The molecule has 11 nitrogen and oxygen atoms in total. The minimum atomic E-state index is -0.693. The Labute approximate surface area is 189 Å². The van der Waals surface area contributed by atoms with Crippen LogP contribution in [-0.4, -0.2) is 39.0 Å². The fraction of sp³-hybridized carbons (Fsp3) is 0.455. The fourth-order valence-corrected chi connectivity index (χ4v) is 4.52. The quantitative estimate of drug-likeness (QED) is 0.513. The zero-order valence-electron chi connectivity index (χ0n) is 18.5. The van der Waals surface area contributed by atoms with Gasteiger partial charge in [0.2, 0.25) is 0 Å². The molecule has 2 aromatic rings. The molecule has 0 bridgehead atoms. The zero-order valence-corrected chi connectivity index (χ0v) is 18.5. The third-order valence-electron chi connectivity index (χ3n) is 6.28. The van der Waals surface area contributed by atoms with E-state index in [0.29, 0.717) is 42.2 Å². The van der Waals surface area contributed by atoms with E-state index in [9.17, 15) is 25.0 Å². The Morgan fingerprint density at radius 2 is 1.97 bits per heavy atom. The van der Waals surface area contributed by atoms with Gasteiger partial charge in [0.15, 0.2) is 5.76 Å². The van der Waals surface area contributed by atoms with E-state index < -0.39 is 15.5 Å². The summed E-state index contributed by atoms with van der Waals surface area (Å²) in [7, 11) is 0. The highest BCUT2D eigenvalue weighted by Gasteiger charge is 2.32. The van der Waals surface area contributed by atoms with Crippen LogP contribution in [-0.2, 0) is 6.42 Å². The Kier molecular flexibility index (Phi) is 6.12. The summed E-state index contributed by atoms with van der Waals surface area (Å²) in [5, 5.41) is 26.7. The second kappa shape index (κ2) is 9.00. The second-order valence-corrected chi connectivity index (χ2v) is 8.44. The third-order valence-corrected chi connectivity index (χ3v) is 6.28. The summed E-state index contributed by atoms with van der Waals surface area (Å²) < 4.78 is 6.00. The molecule has 1 aromatic carbocycles. The number of nitrogens with zero attached hydrogens (tertiary/aromatic N) is 4. The van der Waals surface area contributed by atoms with Crippen molar-refractivity contribution in [3.8, 4) is 0 Å². The SMILES string of the molecule is Cc1c(C(=O)N2CCCCC2C)oc2c1/C(=N/Nc1ccc([N+](=O)[O-])cc1[N+](=O)[O-])CCC2. The number of furan rings is 1. The van der Waals surface area contributed by atoms with Crippen LogP contribution >= 0.6 is 0 Å². The summed E-state index contributed by atoms with van der Waals surface area (Å²) in [6, 6.07) is 3.50. The number of carbonyl (C=O) groups excluding carboxylic acids is 1. The number of nitrogens with one attached hydrogen (secondary N) is 1. The Morgan fingerprint density at radius 1 is 1.18 bits per heavy atom. The van der Waals surface area contributed by atoms with Crippen LogP contribution < -0.4 is 5.43 Å². The molecule has 1 unspecified atom stereocenters. The molecule has 0 radical (unpaired) electrons. The molecule has 0 saturated carbocycles. The monoisotopic (exact) mass is 455 g/mol. The molecule has 174 valence electrons. The molecule has 2 heterocycles. The number of non-ortho nitro benzene ring substituents is 1. The molecule has 1 atom stereocenters. The van der Waals surface area contributed by atoms with Gasteiger partial charge >= 0.3 is 5.69 Å². The molecule has 1 aliphatic heterocycles. The van der Waals surface area contributed by atoms with Crippen LogP contribution in [0.3, 0.4) is 0 Å². The number of nitro benzene ring substituents is 2. The summed E-state index contributed by atoms with van der Waals surface area (Å²) >= 11 is 0. The molecular formula is C22H25N5O6. The van der Waals surface area contributed by atoms with Gasteiger partial charge in [0.25, 0.3) is 11.6 Å². The van der Waals surface area contributed by atoms with Gasteiger partial charge in [-0.05, 0) is 52.0 Å². The van der Waals surface area contributed by atoms with E-state index in [1.54, 1.807) is 0 Å². The number of hydrazone groups is 1. The van der Waals surface area contributed by atoms with Gasteiger partial charge in [-0.2, -0.15) is 5.10 Å². The third kappa shape index (κ3) is 4.30. The lowest BCUT2D eigenvalue weighted by Crippen LogP contribution is -2.42. The largest absolute Gasteiger partial charge is 0.455 e. The van der Waals surface area contributed by atoms with Crippen molar-refractivity contribution < 1.29 is 19.1 Å². The van der Waals surface area contributed by atoms with Gasteiger partial charge in [-0.3, -0.25) is 30.4 Å². The number of piperidine rings is 1. The maximum Gasteiger partial charge on any atom is 0.301 e. The molecule has 1 aliphatic carbocycles. The number of hydrogen-bond acceptors (Lipinski definition) is 8. The lowest BCUT2D eigenvalue weighted by Gasteiger charge is -2.32. The fourth-order valence-electron chi connectivity index (χ4n) is 4.52. The van der Waals surface area contributed by atoms with Crippen LogP contribution in [0, 0.1) is 27.2 Å². The first kappa shape index (κ1) is 22.4. The second-order valence-electron chi connectivity index (χ2n) is 8.44. The first-order valence-corrected chi connectivity index (χ1v) is 11.0. The molecule has 33 heavy (non-hydrogen) atoms. The van der Waals surface area contributed by atoms with Crippen LogP contribution in [0.4, 0.5) is 17.1 Å². The topological polar surface area (TPSA) is 144 Å². The zero-order chi connectivity index (χ0) is 23.7. The Balaban J connectivity index is 1.64. The summed E-state index contributed by atoms with van der Waals surface area (Å²) in [6.45, 7) is 4.58. The van der Waals surface area contributed by atoms with Gasteiger partial charge in [-0.15, -0.1) is 0 Å². The number of benzene rings is 1. The normalized spacial score (nSPS) is 19.3. The number of rotatable bonds is 5. The van der Waals surface area contributed by atoms with Crippen LogP contribution in [0.15, 0.2) is 27.7 Å². The van der Waals surface area contributed by atoms with E-state index in [-0.39, 0.29) is 23.3 Å². The number of aryl methyl sites for hydroxylation is 1. The molecule has 1 fully saturated rings. The maximum absolute atomic E-state index is 13.2. The van der Waals surface area contributed by atoms with Gasteiger partial charge < -0.3 is 9.32 Å². The highest BCUT2D eigenvalue weighted by molar-refractivity contribution is 6.06. The highest BCUT2D eigenvalue weighted by atomic mass is 16.6. The molecule has 1 saturated heterocycles. The van der Waals surface area contributed by atoms with Gasteiger partial charge in [0, 0.05) is 36.2 Å². The Bertz CT molecular complexity index is 1150. The predicted molar refractivity (Wildman–Crippen MR) is 121 cm³/mol. The standard InChI is InChI=1S/C22H25N5O6/c1-13-6-3-4-11-25(13)22(28)21-14(2)20-17(7-5-8-19(20)33-21)24-23-16-10-9-15(26(29)30)12-18(16)27(31)32/h9-10,12-13,23H,3-8,11H2,1-2H3/b24-17+. The Morgan fingerprint density at radius 3 is 2.67 bits per heavy atom. The van der Waals surface area contributed by atoms with Gasteiger partial charge in [-0.25, -0.2) is 0 Å². The number of hydrogen-bond donors (Lipinski definition) is 1. The summed E-state index contributed by atoms with van der Waals surface area (Å²) in [6.07, 6.45) is 5.09. The molecule has 11 heteroatoms. The van der Waals surface area contributed by atoms with E-state index in [1.165, 1.54) is 12.1 Å². The van der Waals surface area contributed by atoms with Crippen molar-refractivity contribution in [3.63, 3.8) is 0 Å². The van der Waals surface area contributed by atoms with Crippen molar-refractivity contribution in [2.45, 2.75) is 58.4 Å². The molecule has 1 N–H and O–H groups in total. The smallest absolute Gasteiger partial charge is 0.301 e. The number of carbonyl (C=O) groups is 1. The van der Waals surface area contributed by atoms with E-state index >= 15 is 0 Å². The summed E-state index contributed by atoms with van der Waals surface area (Å²) in [5.74, 6) is 0.891. The minimum Gasteiger partial charge on any atom is -0.455 e. The van der Waals surface area contributed by atoms with Crippen molar-refractivity contribution in [1.29, 1.82) is 0 Å². The molecule has 0 spiro atoms. The van der Waals surface area contributed by atoms with Crippen LogP contribution in [0.25, 0.3) is 0 Å². The summed E-state index contributed by atoms with van der Waals surface area (Å²) in [5.41, 5.74) is 4.03. The summed E-state index contributed by atoms with van der Waals surface area (Å²) in [4.78, 5) is 36.0. The van der Waals surface area contributed by atoms with Crippen LogP contribution in [0.5, 0.6) is 0 Å². The van der Waals surface area contributed by atoms with Crippen molar-refractivity contribution in [3.05, 3.63) is 61.1 Å². The van der Waals surface area contributed by atoms with Crippen molar-refractivity contribution in [1.82, 2.24) is 4.90 Å². The van der Waals surface area contributed by atoms with E-state index in [1.807, 2.05) is 18.7 Å². The molecule has 1 aromatic heterocycles. The molecule has 1 amide bonds. The van der Waals surface area contributed by atoms with Gasteiger partial charge in [-0.1, -0.05) is 0 Å². The molecular weight excluding hydrogens is 430 g/mol. The number of likely N-dealkylation sites (tertiary alicyclic amines) is 1. The molecule has 2 aliphatic rings. The highest BCUT2D eigenvalue weighted by Crippen LogP contribution is 2.33. The van der Waals surface area contributed by atoms with E-state index in [2.05, 4.69) is 10.5 Å².